The molecule has 1 N–H and O–H groups in total. The van der Waals surface area contributed by atoms with Crippen LogP contribution in [-0.4, -0.2) is 8.96 Å². The van der Waals surface area contributed by atoms with Gasteiger partial charge in [0.15, 0.2) is 0 Å². The smallest absolute Gasteiger partial charge is 0.0975 e. The number of rotatable bonds is 3. The fourth-order valence-corrected chi connectivity index (χ4v) is 2.16. The fraction of sp³-hybridized carbons (Fsp3) is 0.538. The summed E-state index contributed by atoms with van der Waals surface area (Å²) in [6, 6.07) is 8.39. The molecule has 0 heterocycles. The quantitative estimate of drug-likeness (QED) is 0.862. The van der Waals surface area contributed by atoms with Crippen molar-refractivity contribution in [1.82, 2.24) is 4.72 Å². The molecule has 0 fully saturated rings. The Kier molecular flexibility index (Phi) is 4.28. The molecule has 0 radical (unpaired) electrons. The number of benzene rings is 1. The molecule has 0 bridgehead atoms. The minimum absolute atomic E-state index is 0.111. The first-order valence-electron chi connectivity index (χ1n) is 5.55. The summed E-state index contributed by atoms with van der Waals surface area (Å²) < 4.78 is 14.8. The van der Waals surface area contributed by atoms with E-state index in [9.17, 15) is 4.21 Å². The normalized spacial score (nSPS) is 15.8. The third kappa shape index (κ3) is 3.72. The van der Waals surface area contributed by atoms with Crippen LogP contribution in [0.4, 0.5) is 0 Å². The molecular formula is C13H21NOS. The van der Waals surface area contributed by atoms with Crippen LogP contribution >= 0.6 is 0 Å². The van der Waals surface area contributed by atoms with Gasteiger partial charge in [0, 0.05) is 6.04 Å². The molecular weight excluding hydrogens is 218 g/mol. The molecule has 0 aliphatic rings. The Morgan fingerprint density at radius 2 is 1.94 bits per heavy atom. The van der Waals surface area contributed by atoms with Crippen LogP contribution in [0.25, 0.3) is 0 Å². The Balaban J connectivity index is 2.73. The van der Waals surface area contributed by atoms with Crippen molar-refractivity contribution in [3.63, 3.8) is 0 Å². The largest absolute Gasteiger partial charge is 0.242 e. The van der Waals surface area contributed by atoms with Crippen LogP contribution < -0.4 is 4.72 Å². The summed E-state index contributed by atoms with van der Waals surface area (Å²) in [6.45, 7) is 10.0. The van der Waals surface area contributed by atoms with Crippen molar-refractivity contribution < 1.29 is 4.21 Å². The maximum atomic E-state index is 11.9. The zero-order valence-electron chi connectivity index (χ0n) is 10.7. The van der Waals surface area contributed by atoms with Crippen LogP contribution in [0.15, 0.2) is 24.3 Å². The van der Waals surface area contributed by atoms with E-state index in [1.807, 2.05) is 33.8 Å². The second kappa shape index (κ2) is 5.11. The van der Waals surface area contributed by atoms with Crippen molar-refractivity contribution in [2.75, 3.05) is 0 Å². The molecule has 1 rings (SSSR count). The van der Waals surface area contributed by atoms with Crippen LogP contribution in [0.1, 0.15) is 44.9 Å². The van der Waals surface area contributed by atoms with Gasteiger partial charge in [0.25, 0.3) is 0 Å². The molecule has 0 saturated carbocycles. The molecule has 3 heteroatoms. The van der Waals surface area contributed by atoms with E-state index in [0.717, 1.165) is 0 Å². The van der Waals surface area contributed by atoms with E-state index in [2.05, 4.69) is 29.8 Å². The predicted octanol–water partition coefficient (Wildman–Crippen LogP) is 3.11. The third-order valence-corrected chi connectivity index (χ3v) is 4.06. The Hall–Kier alpha value is -0.670. The maximum absolute atomic E-state index is 11.9. The number of hydrogen-bond donors (Lipinski definition) is 1. The van der Waals surface area contributed by atoms with Crippen molar-refractivity contribution in [2.45, 2.75) is 45.4 Å². The van der Waals surface area contributed by atoms with Gasteiger partial charge in [-0.3, -0.25) is 0 Å². The van der Waals surface area contributed by atoms with Crippen LogP contribution in [0.5, 0.6) is 0 Å². The predicted molar refractivity (Wildman–Crippen MR) is 70.6 cm³/mol. The van der Waals surface area contributed by atoms with E-state index in [1.54, 1.807) is 0 Å². The van der Waals surface area contributed by atoms with Gasteiger partial charge in [-0.2, -0.15) is 0 Å². The van der Waals surface area contributed by atoms with Crippen LogP contribution in [0.3, 0.4) is 0 Å². The van der Waals surface area contributed by atoms with E-state index in [-0.39, 0.29) is 10.8 Å². The van der Waals surface area contributed by atoms with Gasteiger partial charge < -0.3 is 0 Å². The zero-order valence-corrected chi connectivity index (χ0v) is 11.5. The lowest BCUT2D eigenvalue weighted by Gasteiger charge is -2.22. The highest BCUT2D eigenvalue weighted by Crippen LogP contribution is 2.17. The summed E-state index contributed by atoms with van der Waals surface area (Å²) in [4.78, 5) is 0. The maximum Gasteiger partial charge on any atom is 0.0975 e. The molecule has 16 heavy (non-hydrogen) atoms. The molecule has 0 spiro atoms. The lowest BCUT2D eigenvalue weighted by Crippen LogP contribution is -2.34. The lowest BCUT2D eigenvalue weighted by molar-refractivity contribution is 0.616. The molecule has 0 aliphatic carbocycles. The molecule has 90 valence electrons. The number of hydrogen-bond acceptors (Lipinski definition) is 1. The highest BCUT2D eigenvalue weighted by atomic mass is 32.2. The minimum atomic E-state index is -1.02. The summed E-state index contributed by atoms with van der Waals surface area (Å²) in [7, 11) is -1.02. The highest BCUT2D eigenvalue weighted by Gasteiger charge is 2.21. The van der Waals surface area contributed by atoms with Gasteiger partial charge in [-0.1, -0.05) is 29.8 Å². The molecule has 0 amide bonds. The van der Waals surface area contributed by atoms with E-state index in [4.69, 9.17) is 0 Å². The first kappa shape index (κ1) is 13.4. The van der Waals surface area contributed by atoms with Crippen LogP contribution in [0, 0.1) is 6.92 Å². The Morgan fingerprint density at radius 3 is 2.44 bits per heavy atom. The standard InChI is InChI=1S/C13H21NOS/c1-10-7-6-8-12(9-10)11(2)14-16(15)13(3,4)5/h6-9,11,14H,1-5H3/t11-,16?/m1/s1. The van der Waals surface area contributed by atoms with Gasteiger partial charge in [-0.25, -0.2) is 8.93 Å². The zero-order chi connectivity index (χ0) is 12.3. The Bertz CT molecular complexity index is 382. The molecule has 1 aromatic carbocycles. The number of nitrogens with one attached hydrogen (secondary N) is 1. The van der Waals surface area contributed by atoms with Crippen LogP contribution in [0.2, 0.25) is 0 Å². The van der Waals surface area contributed by atoms with Gasteiger partial charge in [-0.15, -0.1) is 0 Å². The molecule has 2 nitrogen and oxygen atoms in total. The minimum Gasteiger partial charge on any atom is -0.242 e. The van der Waals surface area contributed by atoms with Gasteiger partial charge in [0.2, 0.25) is 0 Å². The summed E-state index contributed by atoms with van der Waals surface area (Å²) >= 11 is 0. The monoisotopic (exact) mass is 239 g/mol. The van der Waals surface area contributed by atoms with Gasteiger partial charge >= 0.3 is 0 Å². The second-order valence-electron chi connectivity index (χ2n) is 5.13. The van der Waals surface area contributed by atoms with Crippen LogP contribution in [-0.2, 0) is 11.0 Å². The molecule has 0 saturated heterocycles. The van der Waals surface area contributed by atoms with Crippen molar-refractivity contribution >= 4 is 11.0 Å². The molecule has 2 atom stereocenters. The van der Waals surface area contributed by atoms with Crippen molar-refractivity contribution in [3.8, 4) is 0 Å². The van der Waals surface area contributed by atoms with E-state index in [1.165, 1.54) is 11.1 Å². The molecule has 1 aromatic rings. The first-order chi connectivity index (χ1) is 7.30. The number of aryl methyl sites for hydroxylation is 1. The van der Waals surface area contributed by atoms with E-state index in [0.29, 0.717) is 0 Å². The van der Waals surface area contributed by atoms with E-state index < -0.39 is 11.0 Å². The Labute approximate surface area is 101 Å². The third-order valence-electron chi connectivity index (χ3n) is 2.38. The second-order valence-corrected chi connectivity index (χ2v) is 7.13. The average Bonchev–Trinajstić information content (AvgIpc) is 2.16. The Morgan fingerprint density at radius 1 is 1.31 bits per heavy atom. The van der Waals surface area contributed by atoms with Crippen molar-refractivity contribution in [1.29, 1.82) is 0 Å². The SMILES string of the molecule is Cc1cccc([C@@H](C)NS(=O)C(C)(C)C)c1. The summed E-state index contributed by atoms with van der Waals surface area (Å²) in [5, 5.41) is 0. The van der Waals surface area contributed by atoms with Gasteiger partial charge in [-0.05, 0) is 40.2 Å². The topological polar surface area (TPSA) is 29.1 Å². The summed E-state index contributed by atoms with van der Waals surface area (Å²) in [5.74, 6) is 0. The van der Waals surface area contributed by atoms with E-state index >= 15 is 0 Å². The summed E-state index contributed by atoms with van der Waals surface area (Å²) in [5.41, 5.74) is 2.41. The fourth-order valence-electron chi connectivity index (χ4n) is 1.34. The van der Waals surface area contributed by atoms with Gasteiger partial charge in [0.1, 0.15) is 0 Å². The average molecular weight is 239 g/mol. The summed E-state index contributed by atoms with van der Waals surface area (Å²) in [6.07, 6.45) is 0. The van der Waals surface area contributed by atoms with Crippen molar-refractivity contribution in [3.05, 3.63) is 35.4 Å². The first-order valence-corrected chi connectivity index (χ1v) is 6.70. The van der Waals surface area contributed by atoms with Crippen molar-refractivity contribution in [2.24, 2.45) is 0 Å². The highest BCUT2D eigenvalue weighted by molar-refractivity contribution is 7.84. The molecule has 1 unspecified atom stereocenters. The lowest BCUT2D eigenvalue weighted by atomic mass is 10.1. The molecule has 0 aliphatic heterocycles. The van der Waals surface area contributed by atoms with Gasteiger partial charge in [0.05, 0.1) is 15.7 Å². The molecule has 0 aromatic heterocycles.